The van der Waals surface area contributed by atoms with E-state index < -0.39 is 21.3 Å². The van der Waals surface area contributed by atoms with Crippen LogP contribution in [0.3, 0.4) is 0 Å². The monoisotopic (exact) mass is 320 g/mol. The number of rotatable bonds is 5. The van der Waals surface area contributed by atoms with Gasteiger partial charge in [0.15, 0.2) is 0 Å². The first kappa shape index (κ1) is 15.5. The van der Waals surface area contributed by atoms with Crippen LogP contribution < -0.4 is 4.72 Å². The number of aromatic nitrogens is 1. The summed E-state index contributed by atoms with van der Waals surface area (Å²) in [7, 11) is -3.93. The number of hydrogen-bond donors (Lipinski definition) is 1. The third-order valence-electron chi connectivity index (χ3n) is 1.68. The fourth-order valence-electron chi connectivity index (χ4n) is 0.981. The summed E-state index contributed by atoms with van der Waals surface area (Å²) in [5, 5.41) is -0.0408. The Hall–Kier alpha value is -0.510. The molecule has 1 heterocycles. The number of sulfonamides is 1. The molecule has 0 saturated carbocycles. The van der Waals surface area contributed by atoms with Crippen LogP contribution in [0.5, 0.6) is 0 Å². The second-order valence-electron chi connectivity index (χ2n) is 3.00. The predicted octanol–water partition coefficient (Wildman–Crippen LogP) is 2.27. The summed E-state index contributed by atoms with van der Waals surface area (Å²) in [5.74, 6) is -0.416. The molecule has 0 spiro atoms. The SMILES string of the molecule is O=S(=O)(NCCSC(F)(F)F)c1cnccc1Cl. The Bertz CT molecular complexity index is 507. The first-order valence-electron chi connectivity index (χ1n) is 4.52. The summed E-state index contributed by atoms with van der Waals surface area (Å²) in [6.45, 7) is -0.349. The Morgan fingerprint density at radius 3 is 2.67 bits per heavy atom. The van der Waals surface area contributed by atoms with Gasteiger partial charge < -0.3 is 0 Å². The molecule has 4 nitrogen and oxygen atoms in total. The van der Waals surface area contributed by atoms with E-state index in [2.05, 4.69) is 4.98 Å². The summed E-state index contributed by atoms with van der Waals surface area (Å²) in [5.41, 5.74) is -4.38. The number of alkyl halides is 3. The van der Waals surface area contributed by atoms with E-state index >= 15 is 0 Å². The summed E-state index contributed by atoms with van der Waals surface area (Å²) in [4.78, 5) is 3.33. The highest BCUT2D eigenvalue weighted by Crippen LogP contribution is 2.29. The van der Waals surface area contributed by atoms with Crippen molar-refractivity contribution >= 4 is 33.4 Å². The molecule has 1 rings (SSSR count). The predicted molar refractivity (Wildman–Crippen MR) is 62.9 cm³/mol. The Labute approximate surface area is 111 Å². The van der Waals surface area contributed by atoms with E-state index in [1.165, 1.54) is 12.3 Å². The lowest BCUT2D eigenvalue weighted by atomic mass is 10.5. The molecule has 1 aromatic heterocycles. The molecular formula is C8H8ClF3N2O2S2. The highest BCUT2D eigenvalue weighted by molar-refractivity contribution is 8.00. The zero-order valence-electron chi connectivity index (χ0n) is 8.74. The van der Waals surface area contributed by atoms with E-state index in [0.29, 0.717) is 0 Å². The maximum absolute atomic E-state index is 11.8. The lowest BCUT2D eigenvalue weighted by Crippen LogP contribution is -2.27. The second-order valence-corrected chi connectivity index (χ2v) is 6.30. The minimum Gasteiger partial charge on any atom is -0.263 e. The van der Waals surface area contributed by atoms with Gasteiger partial charge >= 0.3 is 5.51 Å². The van der Waals surface area contributed by atoms with E-state index in [1.807, 2.05) is 4.72 Å². The van der Waals surface area contributed by atoms with E-state index in [4.69, 9.17) is 11.6 Å². The second kappa shape index (κ2) is 6.09. The zero-order valence-corrected chi connectivity index (χ0v) is 11.1. The number of hydrogen-bond acceptors (Lipinski definition) is 4. The van der Waals surface area contributed by atoms with Gasteiger partial charge in [-0.15, -0.1) is 0 Å². The fraction of sp³-hybridized carbons (Fsp3) is 0.375. The molecule has 0 radical (unpaired) electrons. The van der Waals surface area contributed by atoms with Gasteiger partial charge in [0, 0.05) is 24.7 Å². The van der Waals surface area contributed by atoms with E-state index in [0.717, 1.165) is 6.20 Å². The van der Waals surface area contributed by atoms with Gasteiger partial charge in [-0.25, -0.2) is 13.1 Å². The lowest BCUT2D eigenvalue weighted by molar-refractivity contribution is -0.0327. The molecule has 0 aliphatic heterocycles. The molecule has 1 N–H and O–H groups in total. The Morgan fingerprint density at radius 1 is 1.44 bits per heavy atom. The molecule has 1 aromatic rings. The highest BCUT2D eigenvalue weighted by atomic mass is 35.5. The Morgan fingerprint density at radius 2 is 2.11 bits per heavy atom. The highest BCUT2D eigenvalue weighted by Gasteiger charge is 2.28. The molecule has 10 heteroatoms. The van der Waals surface area contributed by atoms with Crippen molar-refractivity contribution in [2.24, 2.45) is 0 Å². The molecule has 0 aliphatic carbocycles. The van der Waals surface area contributed by atoms with Gasteiger partial charge in [0.1, 0.15) is 4.90 Å². The van der Waals surface area contributed by atoms with Gasteiger partial charge in [-0.3, -0.25) is 4.98 Å². The van der Waals surface area contributed by atoms with Crippen molar-refractivity contribution < 1.29 is 21.6 Å². The standard InChI is InChI=1S/C8H8ClF3N2O2S2/c9-6-1-2-13-5-7(6)18(15,16)14-3-4-17-8(10,11)12/h1-2,5,14H,3-4H2. The number of thioether (sulfide) groups is 1. The minimum absolute atomic E-state index is 0.0408. The van der Waals surface area contributed by atoms with Gasteiger partial charge in [-0.2, -0.15) is 13.2 Å². The molecule has 102 valence electrons. The van der Waals surface area contributed by atoms with Gasteiger partial charge in [-0.1, -0.05) is 11.6 Å². The van der Waals surface area contributed by atoms with Gasteiger partial charge in [0.05, 0.1) is 5.02 Å². The van der Waals surface area contributed by atoms with Crippen LogP contribution in [0.1, 0.15) is 0 Å². The number of halogens is 4. The largest absolute Gasteiger partial charge is 0.441 e. The average Bonchev–Trinajstić information content (AvgIpc) is 2.24. The molecule has 18 heavy (non-hydrogen) atoms. The summed E-state index contributed by atoms with van der Waals surface area (Å²) in [6.07, 6.45) is 2.34. The van der Waals surface area contributed by atoms with Crippen molar-refractivity contribution in [3.8, 4) is 0 Å². The molecule has 0 saturated heterocycles. The van der Waals surface area contributed by atoms with Gasteiger partial charge in [0.2, 0.25) is 10.0 Å². The van der Waals surface area contributed by atoms with Crippen LogP contribution in [0.15, 0.2) is 23.4 Å². The molecule has 0 atom stereocenters. The summed E-state index contributed by atoms with van der Waals surface area (Å²) in [6, 6.07) is 1.28. The maximum Gasteiger partial charge on any atom is 0.441 e. The van der Waals surface area contributed by atoms with Crippen LogP contribution in [0.2, 0.25) is 5.02 Å². The third kappa shape index (κ3) is 5.01. The van der Waals surface area contributed by atoms with Crippen molar-refractivity contribution in [2.75, 3.05) is 12.3 Å². The maximum atomic E-state index is 11.8. The van der Waals surface area contributed by atoms with E-state index in [1.54, 1.807) is 0 Å². The molecule has 0 fully saturated rings. The summed E-state index contributed by atoms with van der Waals surface area (Å²) >= 11 is 5.35. The molecule has 0 unspecified atom stereocenters. The molecule has 0 aromatic carbocycles. The van der Waals surface area contributed by atoms with Crippen LogP contribution in [-0.4, -0.2) is 31.2 Å². The minimum atomic E-state index is -4.38. The van der Waals surface area contributed by atoms with Crippen molar-refractivity contribution in [2.45, 2.75) is 10.4 Å². The third-order valence-corrected chi connectivity index (χ3v) is 4.35. The Kier molecular flexibility index (Phi) is 5.26. The normalized spacial score (nSPS) is 12.7. The molecule has 0 bridgehead atoms. The first-order valence-corrected chi connectivity index (χ1v) is 7.37. The van der Waals surface area contributed by atoms with Crippen molar-refractivity contribution in [1.29, 1.82) is 0 Å². The van der Waals surface area contributed by atoms with Crippen molar-refractivity contribution in [1.82, 2.24) is 9.71 Å². The van der Waals surface area contributed by atoms with Crippen LogP contribution in [0.4, 0.5) is 13.2 Å². The molecular weight excluding hydrogens is 313 g/mol. The number of pyridine rings is 1. The van der Waals surface area contributed by atoms with Crippen LogP contribution in [-0.2, 0) is 10.0 Å². The Balaban J connectivity index is 2.59. The topological polar surface area (TPSA) is 59.1 Å². The smallest absolute Gasteiger partial charge is 0.263 e. The van der Waals surface area contributed by atoms with E-state index in [9.17, 15) is 21.6 Å². The molecule has 0 amide bonds. The first-order chi connectivity index (χ1) is 8.22. The van der Waals surface area contributed by atoms with Crippen molar-refractivity contribution in [3.63, 3.8) is 0 Å². The lowest BCUT2D eigenvalue weighted by Gasteiger charge is -2.08. The van der Waals surface area contributed by atoms with Crippen molar-refractivity contribution in [3.05, 3.63) is 23.5 Å². The molecule has 0 aliphatic rings. The fourth-order valence-corrected chi connectivity index (χ4v) is 3.01. The number of nitrogens with zero attached hydrogens (tertiary/aromatic N) is 1. The quantitative estimate of drug-likeness (QED) is 0.846. The van der Waals surface area contributed by atoms with Crippen LogP contribution in [0, 0.1) is 0 Å². The van der Waals surface area contributed by atoms with Gasteiger partial charge in [-0.05, 0) is 17.8 Å². The number of nitrogens with one attached hydrogen (secondary N) is 1. The van der Waals surface area contributed by atoms with Gasteiger partial charge in [0.25, 0.3) is 0 Å². The average molecular weight is 321 g/mol. The zero-order chi connectivity index (χ0) is 13.8. The van der Waals surface area contributed by atoms with Crippen LogP contribution >= 0.6 is 23.4 Å². The van der Waals surface area contributed by atoms with E-state index in [-0.39, 0.29) is 28.2 Å². The summed E-state index contributed by atoms with van der Waals surface area (Å²) < 4.78 is 60.8. The van der Waals surface area contributed by atoms with Crippen LogP contribution in [0.25, 0.3) is 0 Å².